The second-order valence-electron chi connectivity index (χ2n) is 5.65. The normalized spacial score (nSPS) is 25.4. The first-order valence-electron chi connectivity index (χ1n) is 7.11. The van der Waals surface area contributed by atoms with Gasteiger partial charge in [-0.15, -0.1) is 0 Å². The van der Waals surface area contributed by atoms with E-state index in [1.165, 1.54) is 0 Å². The van der Waals surface area contributed by atoms with E-state index in [2.05, 4.69) is 15.5 Å². The van der Waals surface area contributed by atoms with E-state index < -0.39 is 0 Å². The molecule has 108 valence electrons. The Morgan fingerprint density at radius 2 is 2.15 bits per heavy atom. The number of rotatable bonds is 4. The van der Waals surface area contributed by atoms with E-state index in [0.717, 1.165) is 49.5 Å². The molecule has 2 fully saturated rings. The van der Waals surface area contributed by atoms with Crippen LogP contribution in [-0.4, -0.2) is 50.6 Å². The maximum atomic E-state index is 12.1. The zero-order valence-corrected chi connectivity index (χ0v) is 11.8. The minimum absolute atomic E-state index is 0.0474. The van der Waals surface area contributed by atoms with Crippen LogP contribution in [0.5, 0.6) is 5.75 Å². The number of ether oxygens (including phenoxy) is 1. The van der Waals surface area contributed by atoms with Crippen molar-refractivity contribution in [3.63, 3.8) is 0 Å². The number of nitrogens with zero attached hydrogens (tertiary/aromatic N) is 1. The number of carbonyl (C=O) groups is 1. The summed E-state index contributed by atoms with van der Waals surface area (Å²) >= 11 is 0. The molecule has 3 rings (SSSR count). The summed E-state index contributed by atoms with van der Waals surface area (Å²) in [6, 6.07) is 7.45. The molecule has 0 bridgehead atoms. The molecular formula is C15H21N3O2. The van der Waals surface area contributed by atoms with Gasteiger partial charge in [-0.3, -0.25) is 9.69 Å². The average Bonchev–Trinajstić information content (AvgIpc) is 2.99. The van der Waals surface area contributed by atoms with Gasteiger partial charge in [0, 0.05) is 24.8 Å². The fraction of sp³-hybridized carbons (Fsp3) is 0.533. The number of amides is 1. The van der Waals surface area contributed by atoms with Crippen molar-refractivity contribution in [1.82, 2.24) is 10.2 Å². The lowest BCUT2D eigenvalue weighted by atomic mass is 10.0. The molecule has 0 aliphatic carbocycles. The molecule has 0 radical (unpaired) electrons. The van der Waals surface area contributed by atoms with Gasteiger partial charge in [-0.1, -0.05) is 6.07 Å². The predicted molar refractivity (Wildman–Crippen MR) is 77.9 cm³/mol. The molecule has 20 heavy (non-hydrogen) atoms. The van der Waals surface area contributed by atoms with Gasteiger partial charge in [0.25, 0.3) is 0 Å². The third-order valence-corrected chi connectivity index (χ3v) is 4.19. The lowest BCUT2D eigenvalue weighted by molar-refractivity contribution is -0.117. The first-order valence-corrected chi connectivity index (χ1v) is 7.11. The second-order valence-corrected chi connectivity index (χ2v) is 5.65. The third kappa shape index (κ3) is 2.94. The largest absolute Gasteiger partial charge is 0.497 e. The van der Waals surface area contributed by atoms with E-state index in [9.17, 15) is 4.79 Å². The Morgan fingerprint density at radius 3 is 2.85 bits per heavy atom. The second kappa shape index (κ2) is 5.81. The highest BCUT2D eigenvalue weighted by molar-refractivity contribution is 5.92. The number of hydrogen-bond donors (Lipinski definition) is 2. The van der Waals surface area contributed by atoms with Crippen molar-refractivity contribution in [2.75, 3.05) is 45.2 Å². The smallest absolute Gasteiger partial charge is 0.238 e. The summed E-state index contributed by atoms with van der Waals surface area (Å²) in [6.45, 7) is 4.73. The molecule has 1 amide bonds. The molecule has 2 aliphatic heterocycles. The van der Waals surface area contributed by atoms with Crippen LogP contribution in [0.25, 0.3) is 0 Å². The first kappa shape index (κ1) is 13.4. The number of benzene rings is 1. The van der Waals surface area contributed by atoms with E-state index in [-0.39, 0.29) is 5.91 Å². The summed E-state index contributed by atoms with van der Waals surface area (Å²) in [5, 5.41) is 6.34. The van der Waals surface area contributed by atoms with Crippen molar-refractivity contribution in [3.05, 3.63) is 24.3 Å². The Kier molecular flexibility index (Phi) is 3.89. The topological polar surface area (TPSA) is 53.6 Å². The average molecular weight is 275 g/mol. The van der Waals surface area contributed by atoms with Crippen molar-refractivity contribution in [2.45, 2.75) is 0 Å². The highest BCUT2D eigenvalue weighted by atomic mass is 16.5. The zero-order valence-electron chi connectivity index (χ0n) is 11.8. The number of carbonyl (C=O) groups excluding carboxylic acids is 1. The number of methoxy groups -OCH3 is 1. The zero-order chi connectivity index (χ0) is 13.9. The number of hydrogen-bond acceptors (Lipinski definition) is 4. The third-order valence-electron chi connectivity index (χ3n) is 4.19. The molecule has 2 atom stereocenters. The molecule has 5 heteroatoms. The lowest BCUT2D eigenvalue weighted by Crippen LogP contribution is -2.33. The van der Waals surface area contributed by atoms with Gasteiger partial charge in [0.05, 0.1) is 13.7 Å². The summed E-state index contributed by atoms with van der Waals surface area (Å²) in [5.74, 6) is 2.25. The van der Waals surface area contributed by atoms with Crippen LogP contribution in [0, 0.1) is 11.8 Å². The predicted octanol–water partition coefficient (Wildman–Crippen LogP) is 0.785. The van der Waals surface area contributed by atoms with E-state index in [1.807, 2.05) is 24.3 Å². The van der Waals surface area contributed by atoms with Gasteiger partial charge in [-0.25, -0.2) is 0 Å². The van der Waals surface area contributed by atoms with Gasteiger partial charge in [0.2, 0.25) is 5.91 Å². The van der Waals surface area contributed by atoms with Crippen LogP contribution >= 0.6 is 0 Å². The minimum atomic E-state index is 0.0474. The molecule has 0 saturated carbocycles. The summed E-state index contributed by atoms with van der Waals surface area (Å²) < 4.78 is 5.15. The summed E-state index contributed by atoms with van der Waals surface area (Å²) in [4.78, 5) is 14.3. The van der Waals surface area contributed by atoms with Crippen molar-refractivity contribution >= 4 is 11.6 Å². The van der Waals surface area contributed by atoms with Crippen molar-refractivity contribution < 1.29 is 9.53 Å². The first-order chi connectivity index (χ1) is 9.74. The fourth-order valence-corrected chi connectivity index (χ4v) is 3.19. The Bertz CT molecular complexity index is 480. The van der Waals surface area contributed by atoms with E-state index in [1.54, 1.807) is 7.11 Å². The van der Waals surface area contributed by atoms with Crippen LogP contribution in [-0.2, 0) is 4.79 Å². The van der Waals surface area contributed by atoms with Gasteiger partial charge in [0.1, 0.15) is 5.75 Å². The van der Waals surface area contributed by atoms with Crippen LogP contribution in [0.2, 0.25) is 0 Å². The van der Waals surface area contributed by atoms with E-state index >= 15 is 0 Å². The van der Waals surface area contributed by atoms with Crippen LogP contribution in [0.1, 0.15) is 0 Å². The standard InChI is InChI=1S/C15H21N3O2/c1-20-14-4-2-3-13(5-14)17-15(19)10-18-8-11-6-16-7-12(11)9-18/h2-5,11-12,16H,6-10H2,1H3,(H,17,19)/t11-,12+. The van der Waals surface area contributed by atoms with Crippen molar-refractivity contribution in [2.24, 2.45) is 11.8 Å². The number of likely N-dealkylation sites (tertiary alicyclic amines) is 1. The number of fused-ring (bicyclic) bond motifs is 1. The molecule has 0 spiro atoms. The molecule has 2 heterocycles. The van der Waals surface area contributed by atoms with Gasteiger partial charge in [0.15, 0.2) is 0 Å². The monoisotopic (exact) mass is 275 g/mol. The quantitative estimate of drug-likeness (QED) is 0.853. The summed E-state index contributed by atoms with van der Waals surface area (Å²) in [7, 11) is 1.62. The number of nitrogens with one attached hydrogen (secondary N) is 2. The molecule has 0 unspecified atom stereocenters. The molecule has 2 aliphatic rings. The van der Waals surface area contributed by atoms with Crippen LogP contribution in [0.3, 0.4) is 0 Å². The van der Waals surface area contributed by atoms with Crippen molar-refractivity contribution in [1.29, 1.82) is 0 Å². The van der Waals surface area contributed by atoms with Gasteiger partial charge < -0.3 is 15.4 Å². The Balaban J connectivity index is 1.52. The molecule has 0 aromatic heterocycles. The van der Waals surface area contributed by atoms with Crippen LogP contribution < -0.4 is 15.4 Å². The molecule has 5 nitrogen and oxygen atoms in total. The fourth-order valence-electron chi connectivity index (χ4n) is 3.19. The molecule has 2 saturated heterocycles. The summed E-state index contributed by atoms with van der Waals surface area (Å²) in [5.41, 5.74) is 0.787. The Morgan fingerprint density at radius 1 is 1.40 bits per heavy atom. The highest BCUT2D eigenvalue weighted by Gasteiger charge is 2.36. The minimum Gasteiger partial charge on any atom is -0.497 e. The number of anilines is 1. The van der Waals surface area contributed by atoms with Crippen LogP contribution in [0.4, 0.5) is 5.69 Å². The van der Waals surface area contributed by atoms with Gasteiger partial charge >= 0.3 is 0 Å². The van der Waals surface area contributed by atoms with Crippen LogP contribution in [0.15, 0.2) is 24.3 Å². The van der Waals surface area contributed by atoms with Gasteiger partial charge in [-0.05, 0) is 37.1 Å². The van der Waals surface area contributed by atoms with E-state index in [4.69, 9.17) is 4.74 Å². The SMILES string of the molecule is COc1cccc(NC(=O)CN2C[C@H]3CNC[C@H]3C2)c1. The summed E-state index contributed by atoms with van der Waals surface area (Å²) in [6.07, 6.45) is 0. The lowest BCUT2D eigenvalue weighted by Gasteiger charge is -2.16. The molecule has 1 aromatic carbocycles. The van der Waals surface area contributed by atoms with Gasteiger partial charge in [-0.2, -0.15) is 0 Å². The Hall–Kier alpha value is -1.59. The molecular weight excluding hydrogens is 254 g/mol. The van der Waals surface area contributed by atoms with Crippen molar-refractivity contribution in [3.8, 4) is 5.75 Å². The highest BCUT2D eigenvalue weighted by Crippen LogP contribution is 2.26. The molecule has 1 aromatic rings. The molecule has 2 N–H and O–H groups in total. The maximum absolute atomic E-state index is 12.1. The maximum Gasteiger partial charge on any atom is 0.238 e. The van der Waals surface area contributed by atoms with E-state index in [0.29, 0.717) is 6.54 Å². The Labute approximate surface area is 119 Å².